The molecule has 0 saturated heterocycles. The van der Waals surface area contributed by atoms with Crippen molar-refractivity contribution in [1.29, 1.82) is 0 Å². The van der Waals surface area contributed by atoms with Crippen molar-refractivity contribution in [2.75, 3.05) is 32.8 Å². The number of guanidine groups is 1. The Morgan fingerprint density at radius 1 is 1.14 bits per heavy atom. The molecule has 0 amide bonds. The van der Waals surface area contributed by atoms with Crippen LogP contribution in [0.2, 0.25) is 0 Å². The minimum atomic E-state index is -0.949. The van der Waals surface area contributed by atoms with Crippen LogP contribution in [0.15, 0.2) is 40.7 Å². The Kier molecular flexibility index (Phi) is 6.70. The maximum atomic E-state index is 10.7. The topological polar surface area (TPSA) is 75.1 Å². The number of nitrogens with one attached hydrogen (secondary N) is 2. The molecule has 0 bridgehead atoms. The lowest BCUT2D eigenvalue weighted by Gasteiger charge is -2.27. The Morgan fingerprint density at radius 3 is 2.59 bits per heavy atom. The van der Waals surface area contributed by atoms with Crippen LogP contribution in [0, 0.1) is 0 Å². The number of aliphatic hydroxyl groups is 1. The first-order chi connectivity index (χ1) is 13.8. The van der Waals surface area contributed by atoms with Crippen LogP contribution in [0.5, 0.6) is 11.5 Å². The molecule has 0 spiro atoms. The molecular weight excluding hydrogens is 386 g/mol. The number of nitrogens with zero attached hydrogens (tertiary/aromatic N) is 1. The molecule has 1 unspecified atom stereocenters. The Bertz CT molecular complexity index is 832. The Labute approximate surface area is 177 Å². The van der Waals surface area contributed by atoms with Crippen LogP contribution in [-0.2, 0) is 11.0 Å². The molecule has 29 heavy (non-hydrogen) atoms. The van der Waals surface area contributed by atoms with E-state index in [0.717, 1.165) is 28.5 Å². The molecule has 1 atom stereocenters. The number of aliphatic imine (C=N–C) groups is 1. The molecule has 0 aliphatic carbocycles. The van der Waals surface area contributed by atoms with E-state index in [2.05, 4.69) is 30.5 Å². The van der Waals surface area contributed by atoms with Crippen molar-refractivity contribution in [3.8, 4) is 11.5 Å². The van der Waals surface area contributed by atoms with E-state index in [9.17, 15) is 5.11 Å². The lowest BCUT2D eigenvalue weighted by Crippen LogP contribution is -2.44. The van der Waals surface area contributed by atoms with Crippen LogP contribution in [0.3, 0.4) is 0 Å². The highest BCUT2D eigenvalue weighted by atomic mass is 32.1. The fourth-order valence-electron chi connectivity index (χ4n) is 3.10. The van der Waals surface area contributed by atoms with Gasteiger partial charge in [-0.3, -0.25) is 4.99 Å². The van der Waals surface area contributed by atoms with Gasteiger partial charge in [0.1, 0.15) is 18.8 Å². The summed E-state index contributed by atoms with van der Waals surface area (Å²) in [7, 11) is 0. The fourth-order valence-corrected chi connectivity index (χ4v) is 3.89. The van der Waals surface area contributed by atoms with Gasteiger partial charge in [0, 0.05) is 16.8 Å². The monoisotopic (exact) mass is 417 g/mol. The van der Waals surface area contributed by atoms with Gasteiger partial charge < -0.3 is 25.2 Å². The molecule has 1 aromatic heterocycles. The van der Waals surface area contributed by atoms with E-state index in [-0.39, 0.29) is 5.41 Å². The normalized spacial score (nSPS) is 16.2. The van der Waals surface area contributed by atoms with Crippen LogP contribution < -0.4 is 20.1 Å². The van der Waals surface area contributed by atoms with E-state index >= 15 is 0 Å². The van der Waals surface area contributed by atoms with Gasteiger partial charge in [-0.15, -0.1) is 11.3 Å². The van der Waals surface area contributed by atoms with Crippen molar-refractivity contribution in [2.45, 2.75) is 38.7 Å². The largest absolute Gasteiger partial charge is 0.486 e. The average Bonchev–Trinajstić information content (AvgIpc) is 3.26. The van der Waals surface area contributed by atoms with Gasteiger partial charge in [0.2, 0.25) is 0 Å². The molecule has 0 radical (unpaired) electrons. The molecule has 3 N–H and O–H groups in total. The van der Waals surface area contributed by atoms with E-state index in [1.807, 2.05) is 43.5 Å². The first kappa shape index (κ1) is 21.5. The molecule has 7 heteroatoms. The van der Waals surface area contributed by atoms with Gasteiger partial charge in [0.25, 0.3) is 0 Å². The summed E-state index contributed by atoms with van der Waals surface area (Å²) in [4.78, 5) is 5.70. The second-order valence-corrected chi connectivity index (χ2v) is 8.99. The number of ether oxygens (including phenoxy) is 2. The van der Waals surface area contributed by atoms with Gasteiger partial charge in [-0.2, -0.15) is 0 Å². The first-order valence-electron chi connectivity index (χ1n) is 10.0. The standard InChI is InChI=1S/C22H31N3O3S/c1-5-23-20(25-15-22(4,26)19-7-6-12-29-19)24-14-21(2,3)16-8-9-17-18(13-16)28-11-10-27-17/h6-9,12-13,26H,5,10-11,14-15H2,1-4H3,(H2,23,24,25). The summed E-state index contributed by atoms with van der Waals surface area (Å²) in [5.74, 6) is 2.28. The minimum absolute atomic E-state index is 0.186. The summed E-state index contributed by atoms with van der Waals surface area (Å²) in [6.45, 7) is 11.0. The van der Waals surface area contributed by atoms with E-state index in [1.54, 1.807) is 11.3 Å². The van der Waals surface area contributed by atoms with Gasteiger partial charge in [-0.25, -0.2) is 0 Å². The van der Waals surface area contributed by atoms with E-state index in [0.29, 0.717) is 32.3 Å². The molecule has 0 fully saturated rings. The van der Waals surface area contributed by atoms with Crippen molar-refractivity contribution < 1.29 is 14.6 Å². The molecular formula is C22H31N3O3S. The number of thiophene rings is 1. The van der Waals surface area contributed by atoms with Crippen molar-refractivity contribution in [3.05, 3.63) is 46.2 Å². The molecule has 6 nitrogen and oxygen atoms in total. The lowest BCUT2D eigenvalue weighted by molar-refractivity contribution is 0.0655. The number of rotatable bonds is 7. The predicted molar refractivity (Wildman–Crippen MR) is 118 cm³/mol. The van der Waals surface area contributed by atoms with Crippen LogP contribution in [0.25, 0.3) is 0 Å². The third-order valence-electron chi connectivity index (χ3n) is 4.95. The maximum Gasteiger partial charge on any atom is 0.191 e. The van der Waals surface area contributed by atoms with Gasteiger partial charge in [-0.05, 0) is 43.0 Å². The van der Waals surface area contributed by atoms with E-state index < -0.39 is 5.60 Å². The second-order valence-electron chi connectivity index (χ2n) is 8.04. The molecule has 1 aromatic carbocycles. The summed E-state index contributed by atoms with van der Waals surface area (Å²) >= 11 is 1.55. The summed E-state index contributed by atoms with van der Waals surface area (Å²) in [5, 5.41) is 19.3. The average molecular weight is 418 g/mol. The van der Waals surface area contributed by atoms with Crippen molar-refractivity contribution in [2.24, 2.45) is 4.99 Å². The third-order valence-corrected chi connectivity index (χ3v) is 6.08. The fraction of sp³-hybridized carbons (Fsp3) is 0.500. The number of fused-ring (bicyclic) bond motifs is 1. The highest BCUT2D eigenvalue weighted by Gasteiger charge is 2.26. The lowest BCUT2D eigenvalue weighted by atomic mass is 9.84. The summed E-state index contributed by atoms with van der Waals surface area (Å²) in [6, 6.07) is 9.99. The van der Waals surface area contributed by atoms with Crippen LogP contribution in [0.4, 0.5) is 0 Å². The van der Waals surface area contributed by atoms with Gasteiger partial charge in [0.05, 0.1) is 13.1 Å². The van der Waals surface area contributed by atoms with Gasteiger partial charge in [-0.1, -0.05) is 26.0 Å². The molecule has 158 valence electrons. The third kappa shape index (κ3) is 5.42. The van der Waals surface area contributed by atoms with Crippen molar-refractivity contribution in [3.63, 3.8) is 0 Å². The quantitative estimate of drug-likeness (QED) is 0.476. The first-order valence-corrected chi connectivity index (χ1v) is 10.9. The maximum absolute atomic E-state index is 10.7. The summed E-state index contributed by atoms with van der Waals surface area (Å²) in [6.07, 6.45) is 0. The van der Waals surface area contributed by atoms with Crippen molar-refractivity contribution >= 4 is 17.3 Å². The zero-order valence-corrected chi connectivity index (χ0v) is 18.4. The van der Waals surface area contributed by atoms with E-state index in [4.69, 9.17) is 14.5 Å². The van der Waals surface area contributed by atoms with Crippen molar-refractivity contribution in [1.82, 2.24) is 10.6 Å². The molecule has 1 aliphatic rings. The number of hydrogen-bond donors (Lipinski definition) is 3. The SMILES string of the molecule is CCNC(=NCC(C)(C)c1ccc2c(c1)OCCO2)NCC(C)(O)c1cccs1. The summed E-state index contributed by atoms with van der Waals surface area (Å²) < 4.78 is 11.3. The molecule has 1 aliphatic heterocycles. The Balaban J connectivity index is 1.68. The number of hydrogen-bond acceptors (Lipinski definition) is 5. The van der Waals surface area contributed by atoms with Gasteiger partial charge in [0.15, 0.2) is 17.5 Å². The zero-order chi connectivity index (χ0) is 20.9. The highest BCUT2D eigenvalue weighted by molar-refractivity contribution is 7.10. The predicted octanol–water partition coefficient (Wildman–Crippen LogP) is 3.26. The molecule has 0 saturated carbocycles. The van der Waals surface area contributed by atoms with Gasteiger partial charge >= 0.3 is 0 Å². The van der Waals surface area contributed by atoms with Crippen LogP contribution in [-0.4, -0.2) is 43.9 Å². The molecule has 2 aromatic rings. The minimum Gasteiger partial charge on any atom is -0.486 e. The molecule has 2 heterocycles. The van der Waals surface area contributed by atoms with Crippen LogP contribution >= 0.6 is 11.3 Å². The Morgan fingerprint density at radius 2 is 1.90 bits per heavy atom. The Hall–Kier alpha value is -2.25. The highest BCUT2D eigenvalue weighted by Crippen LogP contribution is 2.35. The smallest absolute Gasteiger partial charge is 0.191 e. The summed E-state index contributed by atoms with van der Waals surface area (Å²) in [5.41, 5.74) is 0.0106. The zero-order valence-electron chi connectivity index (χ0n) is 17.6. The second kappa shape index (κ2) is 9.05. The molecule has 3 rings (SSSR count). The van der Waals surface area contributed by atoms with Crippen LogP contribution in [0.1, 0.15) is 38.1 Å². The number of benzene rings is 1. The van der Waals surface area contributed by atoms with E-state index in [1.165, 1.54) is 0 Å².